The van der Waals surface area contributed by atoms with Crippen molar-refractivity contribution in [2.24, 2.45) is 17.8 Å². The van der Waals surface area contributed by atoms with Gasteiger partial charge in [0, 0.05) is 93.7 Å². The van der Waals surface area contributed by atoms with Gasteiger partial charge in [-0.15, -0.1) is 0 Å². The zero-order chi connectivity index (χ0) is 43.5. The van der Waals surface area contributed by atoms with Crippen LogP contribution in [0.3, 0.4) is 0 Å². The minimum Gasteiger partial charge on any atom is -0.397 e. The number of aromatic nitrogens is 6. The number of hydrogen-bond acceptors (Lipinski definition) is 11. The Morgan fingerprint density at radius 2 is 1.12 bits per heavy atom. The monoisotopic (exact) mass is 840 g/mol. The molecular formula is C39H52F4N14O3. The molecular weight excluding hydrogens is 789 g/mol. The van der Waals surface area contributed by atoms with Gasteiger partial charge >= 0.3 is 12.1 Å². The lowest BCUT2D eigenvalue weighted by molar-refractivity contribution is 0.151. The van der Waals surface area contributed by atoms with E-state index in [-0.39, 0.29) is 52.3 Å². The molecule has 0 radical (unpaired) electrons. The van der Waals surface area contributed by atoms with Gasteiger partial charge in [0.25, 0.3) is 12.9 Å². The highest BCUT2D eigenvalue weighted by atomic mass is 19.3. The van der Waals surface area contributed by atoms with Crippen molar-refractivity contribution in [3.8, 4) is 0 Å². The number of hydrogen-bond donors (Lipinski definition) is 5. The van der Waals surface area contributed by atoms with Gasteiger partial charge in [0.1, 0.15) is 11.6 Å². The normalized spacial score (nSPS) is 22.8. The van der Waals surface area contributed by atoms with Crippen LogP contribution in [0.15, 0.2) is 24.5 Å². The fourth-order valence-electron chi connectivity index (χ4n) is 8.32. The lowest BCUT2D eigenvalue weighted by Crippen LogP contribution is -2.41. The Hall–Kier alpha value is -5.86. The summed E-state index contributed by atoms with van der Waals surface area (Å²) in [5.41, 5.74) is 14.4. The third-order valence-electron chi connectivity index (χ3n) is 12.4. The Morgan fingerprint density at radius 3 is 1.45 bits per heavy atom. The van der Waals surface area contributed by atoms with Gasteiger partial charge in [0.15, 0.2) is 11.6 Å². The van der Waals surface area contributed by atoms with Gasteiger partial charge in [-0.1, -0.05) is 20.8 Å². The molecule has 324 valence electrons. The molecule has 17 nitrogen and oxygen atoms in total. The number of fused-ring (bicyclic) bond motifs is 2. The summed E-state index contributed by atoms with van der Waals surface area (Å²) in [7, 11) is 6.61. The molecule has 0 aromatic carbocycles. The number of nitrogens with one attached hydrogen (secondary N) is 2. The summed E-state index contributed by atoms with van der Waals surface area (Å²) in [5, 5.41) is 25.0. The lowest BCUT2D eigenvalue weighted by Gasteiger charge is -2.28. The van der Waals surface area contributed by atoms with Gasteiger partial charge in [-0.25, -0.2) is 37.1 Å². The fourth-order valence-corrected chi connectivity index (χ4v) is 8.32. The van der Waals surface area contributed by atoms with Gasteiger partial charge in [-0.05, 0) is 24.0 Å². The zero-order valence-electron chi connectivity index (χ0n) is 34.6. The number of nitrogens with two attached hydrogens (primary N) is 2. The van der Waals surface area contributed by atoms with E-state index in [1.165, 1.54) is 24.5 Å². The first-order valence-electron chi connectivity index (χ1n) is 19.8. The van der Waals surface area contributed by atoms with Gasteiger partial charge < -0.3 is 46.8 Å². The largest absolute Gasteiger partial charge is 0.397 e. The van der Waals surface area contributed by atoms with Crippen molar-refractivity contribution in [3.05, 3.63) is 58.2 Å². The molecule has 0 spiro atoms. The van der Waals surface area contributed by atoms with E-state index in [1.54, 1.807) is 47.8 Å². The van der Waals surface area contributed by atoms with Crippen LogP contribution in [0.1, 0.15) is 79.3 Å². The van der Waals surface area contributed by atoms with E-state index in [0.29, 0.717) is 74.4 Å². The third kappa shape index (κ3) is 7.58. The number of nitrogen functional groups attached to an aromatic ring is 2. The average molecular weight is 841 g/mol. The second-order valence-electron chi connectivity index (χ2n) is 16.0. The van der Waals surface area contributed by atoms with Crippen LogP contribution in [0.2, 0.25) is 0 Å². The molecule has 5 atom stereocenters. The number of pyridine rings is 2. The molecule has 2 saturated carbocycles. The smallest absolute Gasteiger partial charge is 0.317 e. The Labute approximate surface area is 344 Å². The minimum atomic E-state index is -2.72. The number of nitrogens with zero attached hydrogens (tertiary/aromatic N) is 10. The standard InChI is InChI=1S/C20H27F2N7O.C19H25F2N7O2/c1-10-11(2)17(10)29-15-5-6-28(20(30)24-3)9-13(15)19(26-29)27(4)16-7-12(18(21)22)14(23)8-25-16;1-9-15(16(9)29)28-13-4-5-27(19(30)23-2)8-11(13)18(25-28)26(3)14-6-10(17(20)21)12(22)7-24-14/h7-8,10-11,17-18H,5-6,9,23H2,1-4H3,(H,24,30);6-7,9,15-17,29H,4-5,8,22H2,1-3H3,(H,23,30). The molecule has 21 heteroatoms. The number of anilines is 6. The van der Waals surface area contributed by atoms with Crippen molar-refractivity contribution in [2.75, 3.05) is 62.5 Å². The number of urea groups is 2. The van der Waals surface area contributed by atoms with Crippen LogP contribution < -0.4 is 31.9 Å². The van der Waals surface area contributed by atoms with E-state index in [0.717, 1.165) is 22.5 Å². The highest BCUT2D eigenvalue weighted by molar-refractivity contribution is 5.76. The average Bonchev–Trinajstić information content (AvgIpc) is 3.85. The molecule has 0 saturated heterocycles. The maximum absolute atomic E-state index is 13.3. The second kappa shape index (κ2) is 16.3. The van der Waals surface area contributed by atoms with Gasteiger partial charge in [-0.2, -0.15) is 10.2 Å². The Bertz CT molecular complexity index is 2100. The number of amides is 4. The predicted octanol–water partition coefficient (Wildman–Crippen LogP) is 4.91. The molecule has 0 bridgehead atoms. The summed E-state index contributed by atoms with van der Waals surface area (Å²) >= 11 is 0. The van der Waals surface area contributed by atoms with Crippen LogP contribution >= 0.6 is 0 Å². The summed E-state index contributed by atoms with van der Waals surface area (Å²) in [6.45, 7) is 8.19. The number of halogens is 4. The summed E-state index contributed by atoms with van der Waals surface area (Å²) in [6.07, 6.45) is -2.17. The molecule has 5 unspecified atom stereocenters. The van der Waals surface area contributed by atoms with E-state index in [9.17, 15) is 32.3 Å². The van der Waals surface area contributed by atoms with Crippen LogP contribution in [-0.2, 0) is 25.9 Å². The molecule has 2 aliphatic carbocycles. The number of carbonyl (C=O) groups is 2. The number of alkyl halides is 4. The van der Waals surface area contributed by atoms with E-state index in [2.05, 4.69) is 39.1 Å². The lowest BCUT2D eigenvalue weighted by atomic mass is 10.1. The summed E-state index contributed by atoms with van der Waals surface area (Å²) in [4.78, 5) is 39.5. The molecule has 4 aromatic heterocycles. The van der Waals surface area contributed by atoms with Crippen LogP contribution in [-0.4, -0.2) is 104 Å². The number of carbonyl (C=O) groups excluding carboxylic acids is 2. The SMILES string of the molecule is CNC(=O)N1CCc2c(c(N(C)c3cc(C(F)F)c(N)cn3)nn2C2C(C)C2C)C1.CNC(=O)N1CCc2c(c(N(C)c3cc(C(F)F)c(N)cn3)nn2C2C(C)C2O)C1. The molecule has 2 fully saturated rings. The van der Waals surface area contributed by atoms with Gasteiger partial charge in [0.05, 0.1) is 55.0 Å². The van der Waals surface area contributed by atoms with E-state index in [1.807, 2.05) is 11.6 Å². The molecule has 2 aliphatic heterocycles. The van der Waals surface area contributed by atoms with Gasteiger partial charge in [-0.3, -0.25) is 9.36 Å². The topological polar surface area (TPSA) is 205 Å². The predicted molar refractivity (Wildman–Crippen MR) is 217 cm³/mol. The van der Waals surface area contributed by atoms with Gasteiger partial charge in [0.2, 0.25) is 0 Å². The number of rotatable bonds is 8. The molecule has 8 rings (SSSR count). The summed E-state index contributed by atoms with van der Waals surface area (Å²) in [5.74, 6) is 2.86. The molecule has 4 aromatic rings. The quantitative estimate of drug-likeness (QED) is 0.151. The molecule has 7 N–H and O–H groups in total. The Balaban J connectivity index is 0.000000181. The van der Waals surface area contributed by atoms with Crippen LogP contribution in [0, 0.1) is 17.8 Å². The first kappa shape index (κ1) is 42.3. The minimum absolute atomic E-state index is 0.0406. The van der Waals surface area contributed by atoms with Crippen LogP contribution in [0.4, 0.5) is 61.8 Å². The fraction of sp³-hybridized carbons (Fsp3) is 0.538. The maximum atomic E-state index is 13.3. The highest BCUT2D eigenvalue weighted by Gasteiger charge is 2.50. The van der Waals surface area contributed by atoms with Crippen molar-refractivity contribution in [1.82, 2.24) is 50.0 Å². The molecule has 4 aliphatic rings. The van der Waals surface area contributed by atoms with E-state index in [4.69, 9.17) is 21.7 Å². The third-order valence-corrected chi connectivity index (χ3v) is 12.4. The van der Waals surface area contributed by atoms with Crippen molar-refractivity contribution in [2.45, 2.75) is 77.7 Å². The van der Waals surface area contributed by atoms with Crippen LogP contribution in [0.25, 0.3) is 0 Å². The summed E-state index contributed by atoms with van der Waals surface area (Å²) < 4.78 is 57.2. The van der Waals surface area contributed by atoms with Crippen molar-refractivity contribution < 1.29 is 32.3 Å². The van der Waals surface area contributed by atoms with Crippen LogP contribution in [0.5, 0.6) is 0 Å². The second-order valence-corrected chi connectivity index (χ2v) is 16.0. The zero-order valence-corrected chi connectivity index (χ0v) is 34.6. The molecule has 60 heavy (non-hydrogen) atoms. The van der Waals surface area contributed by atoms with Crippen molar-refractivity contribution >= 4 is 46.7 Å². The summed E-state index contributed by atoms with van der Waals surface area (Å²) in [6, 6.07) is 2.37. The molecule has 6 heterocycles. The maximum Gasteiger partial charge on any atom is 0.317 e. The molecule has 4 amide bonds. The van der Waals surface area contributed by atoms with E-state index < -0.39 is 19.0 Å². The Kier molecular flexibility index (Phi) is 11.5. The van der Waals surface area contributed by atoms with E-state index >= 15 is 0 Å². The number of aliphatic hydroxyl groups is 1. The van der Waals surface area contributed by atoms with Crippen molar-refractivity contribution in [1.29, 1.82) is 0 Å². The highest BCUT2D eigenvalue weighted by Crippen LogP contribution is 2.51. The Morgan fingerprint density at radius 1 is 0.733 bits per heavy atom. The van der Waals surface area contributed by atoms with Crippen molar-refractivity contribution in [3.63, 3.8) is 0 Å². The first-order valence-corrected chi connectivity index (χ1v) is 19.8. The number of aliphatic hydroxyl groups excluding tert-OH is 1. The first-order chi connectivity index (χ1) is 28.5.